The van der Waals surface area contributed by atoms with Gasteiger partial charge in [-0.05, 0) is 29.1 Å². The summed E-state index contributed by atoms with van der Waals surface area (Å²) in [6, 6.07) is 11.5. The van der Waals surface area contributed by atoms with Crippen LogP contribution in [0.15, 0.2) is 46.9 Å². The van der Waals surface area contributed by atoms with Gasteiger partial charge in [-0.1, -0.05) is 23.4 Å². The zero-order valence-corrected chi connectivity index (χ0v) is 15.5. The van der Waals surface area contributed by atoms with Crippen LogP contribution >= 0.6 is 11.3 Å². The van der Waals surface area contributed by atoms with E-state index in [4.69, 9.17) is 9.57 Å². The summed E-state index contributed by atoms with van der Waals surface area (Å²) in [7, 11) is 0. The van der Waals surface area contributed by atoms with Gasteiger partial charge in [0.1, 0.15) is 6.10 Å². The second kappa shape index (κ2) is 8.08. The van der Waals surface area contributed by atoms with Crippen molar-refractivity contribution in [1.82, 2.24) is 5.32 Å². The van der Waals surface area contributed by atoms with Crippen molar-refractivity contribution in [2.24, 2.45) is 5.16 Å². The monoisotopic (exact) mass is 387 g/mol. The summed E-state index contributed by atoms with van der Waals surface area (Å²) in [5.74, 6) is -0.0875. The second-order valence-corrected chi connectivity index (χ2v) is 7.40. The van der Waals surface area contributed by atoms with E-state index in [1.54, 1.807) is 6.07 Å². The number of aliphatic hydroxyl groups is 1. The number of hydrogen-bond donors (Lipinski definition) is 2. The molecule has 27 heavy (non-hydrogen) atoms. The van der Waals surface area contributed by atoms with Crippen molar-refractivity contribution in [2.45, 2.75) is 18.8 Å². The molecule has 1 saturated heterocycles. The van der Waals surface area contributed by atoms with Gasteiger partial charge in [0.2, 0.25) is 0 Å². The number of morpholine rings is 1. The Bertz CT molecular complexity index is 807. The Hall–Kier alpha value is -2.42. The maximum absolute atomic E-state index is 12.0. The zero-order valence-electron chi connectivity index (χ0n) is 14.7. The van der Waals surface area contributed by atoms with Crippen molar-refractivity contribution in [3.63, 3.8) is 0 Å². The van der Waals surface area contributed by atoms with Crippen molar-refractivity contribution < 1.29 is 19.5 Å². The van der Waals surface area contributed by atoms with E-state index in [0.717, 1.165) is 17.0 Å². The van der Waals surface area contributed by atoms with Crippen LogP contribution in [0.2, 0.25) is 0 Å². The molecule has 1 amide bonds. The topological polar surface area (TPSA) is 83.4 Å². The van der Waals surface area contributed by atoms with Gasteiger partial charge in [0.15, 0.2) is 6.23 Å². The highest BCUT2D eigenvalue weighted by atomic mass is 32.1. The minimum atomic E-state index is -0.618. The number of rotatable bonds is 5. The number of nitrogens with zero attached hydrogens (tertiary/aromatic N) is 2. The molecule has 3 heterocycles. The van der Waals surface area contributed by atoms with Gasteiger partial charge in [-0.3, -0.25) is 4.79 Å². The Morgan fingerprint density at radius 2 is 2.19 bits per heavy atom. The lowest BCUT2D eigenvalue weighted by molar-refractivity contribution is 0.00633. The molecule has 142 valence electrons. The van der Waals surface area contributed by atoms with Crippen LogP contribution in [0.1, 0.15) is 21.7 Å². The number of benzene rings is 1. The molecule has 0 spiro atoms. The summed E-state index contributed by atoms with van der Waals surface area (Å²) in [5, 5.41) is 19.0. The first-order chi connectivity index (χ1) is 13.2. The van der Waals surface area contributed by atoms with Gasteiger partial charge in [0.05, 0.1) is 30.3 Å². The summed E-state index contributed by atoms with van der Waals surface area (Å²) >= 11 is 1.41. The lowest BCUT2D eigenvalue weighted by atomic mass is 10.0. The van der Waals surface area contributed by atoms with Crippen LogP contribution in [0.3, 0.4) is 0 Å². The third kappa shape index (κ3) is 4.13. The van der Waals surface area contributed by atoms with Crippen LogP contribution in [-0.2, 0) is 9.57 Å². The molecule has 2 N–H and O–H groups in total. The predicted octanol–water partition coefficient (Wildman–Crippen LogP) is 1.83. The van der Waals surface area contributed by atoms with Crippen molar-refractivity contribution in [2.75, 3.05) is 31.2 Å². The SMILES string of the molecule is O=C(NCC1CC(c2ccc(N3CCOCC3O)cc2)=NO1)c1cccs1. The average Bonchev–Trinajstić information content (AvgIpc) is 3.39. The maximum atomic E-state index is 12.0. The molecule has 1 aromatic heterocycles. The molecule has 2 aliphatic heterocycles. The van der Waals surface area contributed by atoms with E-state index in [9.17, 15) is 9.90 Å². The molecule has 4 rings (SSSR count). The molecule has 7 nitrogen and oxygen atoms in total. The van der Waals surface area contributed by atoms with Crippen molar-refractivity contribution in [3.05, 3.63) is 52.2 Å². The van der Waals surface area contributed by atoms with Gasteiger partial charge in [0.25, 0.3) is 5.91 Å². The number of ether oxygens (including phenoxy) is 1. The number of oxime groups is 1. The quantitative estimate of drug-likeness (QED) is 0.818. The Morgan fingerprint density at radius 1 is 1.33 bits per heavy atom. The minimum Gasteiger partial charge on any atom is -0.390 e. The van der Waals surface area contributed by atoms with Gasteiger partial charge in [0, 0.05) is 18.7 Å². The smallest absolute Gasteiger partial charge is 0.261 e. The van der Waals surface area contributed by atoms with Crippen LogP contribution in [-0.4, -0.2) is 55.4 Å². The van der Waals surface area contributed by atoms with Gasteiger partial charge < -0.3 is 24.9 Å². The Labute approximate surface area is 161 Å². The first-order valence-corrected chi connectivity index (χ1v) is 9.76. The number of aliphatic hydroxyl groups excluding tert-OH is 1. The number of nitrogens with one attached hydrogen (secondary N) is 1. The van der Waals surface area contributed by atoms with Crippen LogP contribution in [0, 0.1) is 0 Å². The summed E-state index contributed by atoms with van der Waals surface area (Å²) in [5.41, 5.74) is 2.79. The Morgan fingerprint density at radius 3 is 2.93 bits per heavy atom. The summed E-state index contributed by atoms with van der Waals surface area (Å²) in [4.78, 5) is 20.1. The molecule has 0 saturated carbocycles. The van der Waals surface area contributed by atoms with Crippen molar-refractivity contribution in [1.29, 1.82) is 0 Å². The highest BCUT2D eigenvalue weighted by molar-refractivity contribution is 7.12. The number of carbonyl (C=O) groups excluding carboxylic acids is 1. The van der Waals surface area contributed by atoms with E-state index < -0.39 is 6.23 Å². The fourth-order valence-corrected chi connectivity index (χ4v) is 3.79. The number of hydrogen-bond acceptors (Lipinski definition) is 7. The summed E-state index contributed by atoms with van der Waals surface area (Å²) in [6.45, 7) is 2.01. The molecule has 1 aromatic carbocycles. The first kappa shape index (κ1) is 18.0. The lowest BCUT2D eigenvalue weighted by Gasteiger charge is -2.33. The molecule has 0 radical (unpaired) electrons. The van der Waals surface area contributed by atoms with E-state index in [1.807, 2.05) is 40.6 Å². The fraction of sp³-hybridized carbons (Fsp3) is 0.368. The van der Waals surface area contributed by atoms with Crippen LogP contribution in [0.4, 0.5) is 5.69 Å². The molecule has 0 aliphatic carbocycles. The van der Waals surface area contributed by atoms with Crippen LogP contribution in [0.5, 0.6) is 0 Å². The number of thiophene rings is 1. The summed E-state index contributed by atoms with van der Waals surface area (Å²) < 4.78 is 5.26. The van der Waals surface area contributed by atoms with Gasteiger partial charge in [-0.15, -0.1) is 11.3 Å². The molecular formula is C19H21N3O4S. The van der Waals surface area contributed by atoms with Gasteiger partial charge in [-0.25, -0.2) is 0 Å². The van der Waals surface area contributed by atoms with Crippen LogP contribution in [0.25, 0.3) is 0 Å². The molecule has 2 atom stereocenters. The number of amides is 1. The van der Waals surface area contributed by atoms with E-state index in [-0.39, 0.29) is 12.0 Å². The van der Waals surface area contributed by atoms with E-state index >= 15 is 0 Å². The Kier molecular flexibility index (Phi) is 5.38. The molecule has 2 aliphatic rings. The van der Waals surface area contributed by atoms with E-state index in [1.165, 1.54) is 11.3 Å². The zero-order chi connectivity index (χ0) is 18.6. The maximum Gasteiger partial charge on any atom is 0.261 e. The molecular weight excluding hydrogens is 366 g/mol. The normalized spacial score (nSPS) is 22.3. The van der Waals surface area contributed by atoms with E-state index in [0.29, 0.717) is 37.6 Å². The highest BCUT2D eigenvalue weighted by Gasteiger charge is 2.24. The van der Waals surface area contributed by atoms with Crippen LogP contribution < -0.4 is 10.2 Å². The average molecular weight is 387 g/mol. The van der Waals surface area contributed by atoms with Gasteiger partial charge in [-0.2, -0.15) is 0 Å². The van der Waals surface area contributed by atoms with Crippen molar-refractivity contribution >= 4 is 28.6 Å². The summed E-state index contributed by atoms with van der Waals surface area (Å²) in [6.07, 6.45) is -0.137. The van der Waals surface area contributed by atoms with E-state index in [2.05, 4.69) is 10.5 Å². The third-order valence-corrected chi connectivity index (χ3v) is 5.47. The highest BCUT2D eigenvalue weighted by Crippen LogP contribution is 2.22. The second-order valence-electron chi connectivity index (χ2n) is 6.45. The van der Waals surface area contributed by atoms with Gasteiger partial charge >= 0.3 is 0 Å². The fourth-order valence-electron chi connectivity index (χ4n) is 3.15. The molecule has 8 heteroatoms. The van der Waals surface area contributed by atoms with Crippen molar-refractivity contribution in [3.8, 4) is 0 Å². The third-order valence-electron chi connectivity index (χ3n) is 4.60. The molecule has 0 bridgehead atoms. The molecule has 1 fully saturated rings. The largest absolute Gasteiger partial charge is 0.390 e. The minimum absolute atomic E-state index is 0.0875. The number of anilines is 1. The predicted molar refractivity (Wildman–Crippen MR) is 103 cm³/mol. The molecule has 2 unspecified atom stereocenters. The number of carbonyl (C=O) groups is 1. The standard InChI is InChI=1S/C19H21N3O4S/c23-18-12-25-8-7-22(18)14-5-3-13(4-6-14)16-10-15(26-21-16)11-20-19(24)17-2-1-9-27-17/h1-6,9,15,18,23H,7-8,10-12H2,(H,20,24). The Balaban J connectivity index is 1.31. The lowest BCUT2D eigenvalue weighted by Crippen LogP contribution is -2.45. The first-order valence-electron chi connectivity index (χ1n) is 8.88. The molecule has 2 aromatic rings.